The Labute approximate surface area is 231 Å². The first-order valence-electron chi connectivity index (χ1n) is 13.3. The summed E-state index contributed by atoms with van der Waals surface area (Å²) in [6, 6.07) is 17.2. The number of fused-ring (bicyclic) bond motifs is 1. The van der Waals surface area contributed by atoms with Gasteiger partial charge in [-0.15, -0.1) is 0 Å². The van der Waals surface area contributed by atoms with E-state index in [0.717, 1.165) is 68.2 Å². The van der Waals surface area contributed by atoms with Gasteiger partial charge >= 0.3 is 0 Å². The normalized spacial score (nSPS) is 19.0. The van der Waals surface area contributed by atoms with Gasteiger partial charge in [0.1, 0.15) is 11.9 Å². The summed E-state index contributed by atoms with van der Waals surface area (Å²) in [5.41, 5.74) is 11.4. The molecule has 5 rings (SSSR count). The van der Waals surface area contributed by atoms with E-state index < -0.39 is 0 Å². The fourth-order valence-corrected chi connectivity index (χ4v) is 6.43. The number of hydrogen-bond acceptors (Lipinski definition) is 6. The quantitative estimate of drug-likeness (QED) is 0.364. The Kier molecular flexibility index (Phi) is 8.30. The maximum atomic E-state index is 6.42. The van der Waals surface area contributed by atoms with Gasteiger partial charge in [0.05, 0.1) is 24.3 Å². The van der Waals surface area contributed by atoms with E-state index in [1.807, 2.05) is 36.9 Å². The zero-order valence-corrected chi connectivity index (χ0v) is 23.2. The molecule has 2 aliphatic heterocycles. The summed E-state index contributed by atoms with van der Waals surface area (Å²) < 4.78 is 12.0. The van der Waals surface area contributed by atoms with Crippen LogP contribution in [0.15, 0.2) is 112 Å². The second-order valence-corrected chi connectivity index (χ2v) is 11.1. The van der Waals surface area contributed by atoms with Crippen molar-refractivity contribution in [1.29, 1.82) is 0 Å². The number of para-hydroxylation sites is 1. The summed E-state index contributed by atoms with van der Waals surface area (Å²) in [5.74, 6) is 1.95. The highest BCUT2D eigenvalue weighted by Gasteiger charge is 2.29. The smallest absolute Gasteiger partial charge is 0.119 e. The number of benzene rings is 2. The van der Waals surface area contributed by atoms with E-state index in [2.05, 4.69) is 71.0 Å². The molecule has 0 amide bonds. The fraction of sp³-hybridized carbons (Fsp3) is 0.312. The number of allylic oxidation sites excluding steroid dienone is 6. The van der Waals surface area contributed by atoms with Crippen LogP contribution in [-0.4, -0.2) is 37.7 Å². The second kappa shape index (κ2) is 12.0. The molecular weight excluding hydrogens is 490 g/mol. The highest BCUT2D eigenvalue weighted by molar-refractivity contribution is 8.03. The number of ether oxygens (including phenoxy) is 2. The number of anilines is 2. The number of likely N-dealkylation sites (tertiary alicyclic amines) is 1. The number of piperidine rings is 1. The van der Waals surface area contributed by atoms with Crippen LogP contribution in [0.5, 0.6) is 5.75 Å². The van der Waals surface area contributed by atoms with Gasteiger partial charge < -0.3 is 20.1 Å². The van der Waals surface area contributed by atoms with Crippen LogP contribution in [0, 0.1) is 0 Å². The first kappa shape index (κ1) is 26.3. The summed E-state index contributed by atoms with van der Waals surface area (Å²) in [5, 5.41) is 0. The minimum Gasteiger partial charge on any atom is -0.501 e. The highest BCUT2D eigenvalue weighted by atomic mass is 32.2. The Bertz CT molecular complexity index is 1280. The van der Waals surface area contributed by atoms with Gasteiger partial charge in [-0.1, -0.05) is 42.6 Å². The molecule has 3 aliphatic rings. The zero-order chi connectivity index (χ0) is 26.5. The summed E-state index contributed by atoms with van der Waals surface area (Å²) in [4.78, 5) is 7.49. The Morgan fingerprint density at radius 2 is 1.87 bits per heavy atom. The van der Waals surface area contributed by atoms with Crippen molar-refractivity contribution in [3.05, 3.63) is 107 Å². The van der Waals surface area contributed by atoms with Crippen LogP contribution < -0.4 is 15.4 Å². The molecule has 0 saturated carbocycles. The molecule has 1 aliphatic carbocycles. The summed E-state index contributed by atoms with van der Waals surface area (Å²) in [6.07, 6.45) is 12.3. The van der Waals surface area contributed by atoms with E-state index in [1.54, 1.807) is 7.11 Å². The molecule has 0 atom stereocenters. The average molecular weight is 528 g/mol. The predicted octanol–water partition coefficient (Wildman–Crippen LogP) is 7.28. The SMILES string of the molecule is C=C/C=C(\C=C(/C)N)CN1CCC(Oc2ccc(N3C4=C(CCC(OC)=C4)Sc4ccccc43)cc2)CC1. The van der Waals surface area contributed by atoms with Crippen LogP contribution in [0.4, 0.5) is 11.4 Å². The molecule has 0 spiro atoms. The molecular formula is C32H37N3O2S. The van der Waals surface area contributed by atoms with Crippen LogP contribution in [0.3, 0.4) is 0 Å². The third-order valence-corrected chi connectivity index (χ3v) is 8.33. The number of hydrogen-bond donors (Lipinski definition) is 1. The molecule has 5 nitrogen and oxygen atoms in total. The van der Waals surface area contributed by atoms with Gasteiger partial charge in [0.25, 0.3) is 0 Å². The van der Waals surface area contributed by atoms with Crippen LogP contribution in [-0.2, 0) is 4.74 Å². The Balaban J connectivity index is 1.26. The van der Waals surface area contributed by atoms with Crippen molar-refractivity contribution < 1.29 is 9.47 Å². The molecule has 2 N–H and O–H groups in total. The maximum absolute atomic E-state index is 6.42. The molecule has 0 radical (unpaired) electrons. The number of methoxy groups -OCH3 is 1. The summed E-state index contributed by atoms with van der Waals surface area (Å²) in [6.45, 7) is 8.64. The monoisotopic (exact) mass is 527 g/mol. The third kappa shape index (κ3) is 6.03. The predicted molar refractivity (Wildman–Crippen MR) is 159 cm³/mol. The molecule has 2 heterocycles. The van der Waals surface area contributed by atoms with E-state index in [9.17, 15) is 0 Å². The summed E-state index contributed by atoms with van der Waals surface area (Å²) >= 11 is 1.88. The fourth-order valence-electron chi connectivity index (χ4n) is 5.29. The van der Waals surface area contributed by atoms with E-state index >= 15 is 0 Å². The van der Waals surface area contributed by atoms with Crippen molar-refractivity contribution in [2.45, 2.75) is 43.6 Å². The van der Waals surface area contributed by atoms with Gasteiger partial charge in [0, 0.05) is 53.3 Å². The lowest BCUT2D eigenvalue weighted by atomic mass is 10.1. The van der Waals surface area contributed by atoms with Crippen molar-refractivity contribution in [1.82, 2.24) is 4.90 Å². The van der Waals surface area contributed by atoms with Crippen LogP contribution in [0.1, 0.15) is 32.6 Å². The molecule has 1 saturated heterocycles. The molecule has 0 aromatic heterocycles. The second-order valence-electron chi connectivity index (χ2n) is 9.98. The maximum Gasteiger partial charge on any atom is 0.119 e. The van der Waals surface area contributed by atoms with Gasteiger partial charge in [-0.25, -0.2) is 0 Å². The molecule has 6 heteroatoms. The Hall–Kier alpha value is -3.35. The molecule has 0 bridgehead atoms. The lowest BCUT2D eigenvalue weighted by Gasteiger charge is -2.36. The standard InChI is InChI=1S/C32H37N3O2S/c1-4-7-24(20-23(2)33)22-34-18-16-27(17-19-34)37-26-12-10-25(11-13-26)35-29-8-5-6-9-31(29)38-32-15-14-28(36-3)21-30(32)35/h4-13,20-21,27H,1,14-19,22,33H2,2-3H3/b23-20+,24-7+. The van der Waals surface area contributed by atoms with E-state index in [0.29, 0.717) is 0 Å². The largest absolute Gasteiger partial charge is 0.501 e. The van der Waals surface area contributed by atoms with Crippen LogP contribution >= 0.6 is 11.8 Å². The van der Waals surface area contributed by atoms with Crippen molar-refractivity contribution in [3.63, 3.8) is 0 Å². The van der Waals surface area contributed by atoms with Gasteiger partial charge in [-0.2, -0.15) is 0 Å². The highest BCUT2D eigenvalue weighted by Crippen LogP contribution is 2.50. The molecule has 38 heavy (non-hydrogen) atoms. The first-order valence-corrected chi connectivity index (χ1v) is 14.1. The molecule has 198 valence electrons. The molecule has 1 fully saturated rings. The van der Waals surface area contributed by atoms with Crippen molar-refractivity contribution in [2.75, 3.05) is 31.6 Å². The minimum atomic E-state index is 0.225. The number of nitrogens with zero attached hydrogens (tertiary/aromatic N) is 2. The lowest BCUT2D eigenvalue weighted by molar-refractivity contribution is 0.106. The van der Waals surface area contributed by atoms with Crippen molar-refractivity contribution in [3.8, 4) is 5.75 Å². The van der Waals surface area contributed by atoms with Gasteiger partial charge in [0.15, 0.2) is 0 Å². The van der Waals surface area contributed by atoms with Crippen LogP contribution in [0.25, 0.3) is 0 Å². The lowest BCUT2D eigenvalue weighted by Crippen LogP contribution is -2.39. The minimum absolute atomic E-state index is 0.225. The average Bonchev–Trinajstić information content (AvgIpc) is 2.93. The number of nitrogens with two attached hydrogens (primary N) is 1. The summed E-state index contributed by atoms with van der Waals surface area (Å²) in [7, 11) is 1.76. The molecule has 0 unspecified atom stereocenters. The van der Waals surface area contributed by atoms with Gasteiger partial charge in [0.2, 0.25) is 0 Å². The van der Waals surface area contributed by atoms with E-state index in [-0.39, 0.29) is 6.10 Å². The number of thioether (sulfide) groups is 1. The van der Waals surface area contributed by atoms with E-state index in [1.165, 1.54) is 26.8 Å². The Morgan fingerprint density at radius 3 is 2.58 bits per heavy atom. The van der Waals surface area contributed by atoms with Gasteiger partial charge in [-0.05, 0) is 74.2 Å². The van der Waals surface area contributed by atoms with Crippen LogP contribution in [0.2, 0.25) is 0 Å². The molecule has 2 aromatic carbocycles. The molecule has 2 aromatic rings. The topological polar surface area (TPSA) is 51.0 Å². The number of rotatable bonds is 8. The van der Waals surface area contributed by atoms with E-state index in [4.69, 9.17) is 15.2 Å². The van der Waals surface area contributed by atoms with Crippen molar-refractivity contribution >= 4 is 23.1 Å². The van der Waals surface area contributed by atoms with Gasteiger partial charge in [-0.3, -0.25) is 4.90 Å². The first-order chi connectivity index (χ1) is 18.5. The third-order valence-electron chi connectivity index (χ3n) is 7.11. The zero-order valence-electron chi connectivity index (χ0n) is 22.4. The Morgan fingerprint density at radius 1 is 1.11 bits per heavy atom. The van der Waals surface area contributed by atoms with Crippen molar-refractivity contribution in [2.24, 2.45) is 5.73 Å².